The first-order valence-corrected chi connectivity index (χ1v) is 12.9. The summed E-state index contributed by atoms with van der Waals surface area (Å²) in [5, 5.41) is 0. The van der Waals surface area contributed by atoms with Crippen molar-refractivity contribution in [3.8, 4) is 0 Å². The average Bonchev–Trinajstić information content (AvgIpc) is 2.20. The second-order valence-electron chi connectivity index (χ2n) is 1.75. The molecule has 0 radical (unpaired) electrons. The molecule has 0 spiro atoms. The molecule has 0 N–H and O–H groups in total. The van der Waals surface area contributed by atoms with Crippen LogP contribution in [0.3, 0.4) is 0 Å². The molecule has 0 rings (SSSR count). The van der Waals surface area contributed by atoms with Gasteiger partial charge in [0.15, 0.2) is 0 Å². The maximum atomic E-state index is 8.52. The number of rotatable bonds is 0. The van der Waals surface area contributed by atoms with Crippen LogP contribution in [0, 0.1) is 0 Å². The van der Waals surface area contributed by atoms with E-state index in [1.807, 2.05) is 0 Å². The van der Waals surface area contributed by atoms with Crippen molar-refractivity contribution in [2.24, 2.45) is 0 Å². The van der Waals surface area contributed by atoms with Gasteiger partial charge in [0.2, 0.25) is 0 Å². The van der Waals surface area contributed by atoms with Crippen molar-refractivity contribution in [2.45, 2.75) is 0 Å². The quantitative estimate of drug-likeness (QED) is 0.203. The van der Waals surface area contributed by atoms with E-state index in [2.05, 4.69) is 0 Å². The normalized spacial score (nSPS) is 4.94. The van der Waals surface area contributed by atoms with E-state index in [-0.39, 0.29) is 208 Å². The molecule has 0 atom stereocenters. The van der Waals surface area contributed by atoms with Crippen LogP contribution in [-0.4, -0.2) is 272 Å². The summed E-state index contributed by atoms with van der Waals surface area (Å²) in [6.45, 7) is 0. The summed E-state index contributed by atoms with van der Waals surface area (Å²) in [6.07, 6.45) is 0. The summed E-state index contributed by atoms with van der Waals surface area (Å²) < 4.78 is 59.6. The van der Waals surface area contributed by atoms with Gasteiger partial charge < -0.3 is 98.4 Å². The zero-order chi connectivity index (χ0) is 25.0. The fourth-order valence-electron chi connectivity index (χ4n) is 0. The minimum absolute atomic E-state index is 0. The van der Waals surface area contributed by atoms with Gasteiger partial charge in [0.1, 0.15) is 0 Å². The molecule has 34 heavy (non-hydrogen) atoms. The molecule has 0 aromatic carbocycles. The van der Waals surface area contributed by atoms with E-state index in [0.717, 1.165) is 0 Å². The first kappa shape index (κ1) is 83.2. The van der Waals surface area contributed by atoms with Crippen LogP contribution in [0.5, 0.6) is 0 Å². The minimum Gasteiger partial charge on any atom is -0.672 e. The molecule has 168 valence electrons. The van der Waals surface area contributed by atoms with Crippen LogP contribution in [0.25, 0.3) is 0 Å². The third-order valence-electron chi connectivity index (χ3n) is 0. The Balaban J connectivity index is -0.0000000134. The molecule has 21 nitrogen and oxygen atoms in total. The van der Waals surface area contributed by atoms with E-state index < -0.39 is 64.2 Å². The zero-order valence-corrected chi connectivity index (χ0v) is 38.7. The van der Waals surface area contributed by atoms with Crippen molar-refractivity contribution in [3.05, 3.63) is 0 Å². The summed E-state index contributed by atoms with van der Waals surface area (Å²) in [5.41, 5.74) is 0. The van der Waals surface area contributed by atoms with Crippen LogP contribution in [-0.2, 0) is 31.2 Å². The number of hydrogen-bond acceptors (Lipinski definition) is 21. The Bertz CT molecular complexity index is 334. The summed E-state index contributed by atoms with van der Waals surface area (Å²) in [5.74, 6) is 0. The molecule has 0 aliphatic heterocycles. The molecule has 0 aliphatic rings. The van der Waals surface area contributed by atoms with Crippen LogP contribution in [0.15, 0.2) is 0 Å². The van der Waals surface area contributed by atoms with Gasteiger partial charge in [-0.25, -0.2) is 0 Å². The monoisotopic (exact) mass is 941 g/mol. The second kappa shape index (κ2) is 76.7. The van der Waals surface area contributed by atoms with Crippen molar-refractivity contribution in [1.82, 2.24) is 0 Å². The average molecular weight is 941 g/mol. The number of hydrogen-bond donors (Lipinski definition) is 0. The van der Waals surface area contributed by atoms with E-state index in [1.165, 1.54) is 0 Å². The molecule has 0 amide bonds. The van der Waals surface area contributed by atoms with Gasteiger partial charge in [0.05, 0.1) is 0 Å². The molecule has 0 fully saturated rings. The van der Waals surface area contributed by atoms with E-state index in [4.69, 9.17) is 98.4 Å². The molecule has 0 saturated heterocycles. The van der Waals surface area contributed by atoms with E-state index in [1.54, 1.807) is 0 Å². The van der Waals surface area contributed by atoms with E-state index >= 15 is 0 Å². The SMILES string of the molecule is O=[Si]([O-])[O-].O=[Si]([O-])[O-].O=[Si]([O-])[O-].O=[Si]([O-])[O-].O=[Si]([O-])[O-].O=[Si]([O-])[O-].O=[Si]([O-])[O-].[Al+3].[Al+3].[Ba+2].[Ba+2].[Ca+2].[Ca+2]. The van der Waals surface area contributed by atoms with E-state index in [0.29, 0.717) is 0 Å². The third kappa shape index (κ3) is 2710. The van der Waals surface area contributed by atoms with Gasteiger partial charge in [-0.15, -0.1) is 0 Å². The van der Waals surface area contributed by atoms with Crippen molar-refractivity contribution in [2.75, 3.05) is 0 Å². The zero-order valence-electron chi connectivity index (χ0n) is 16.1. The Labute approximate surface area is 362 Å². The predicted octanol–water partition coefficient (Wildman–Crippen LogP) is -22.4. The summed E-state index contributed by atoms with van der Waals surface area (Å²) in [7, 11) is -25.4. The topological polar surface area (TPSA) is 442 Å². The molecule has 34 heteroatoms. The Hall–Kier alpha value is 4.05. The second-order valence-corrected chi connectivity index (χ2v) is 5.25. The van der Waals surface area contributed by atoms with Crippen LogP contribution in [0.1, 0.15) is 0 Å². The van der Waals surface area contributed by atoms with E-state index in [9.17, 15) is 0 Å². The van der Waals surface area contributed by atoms with Crippen LogP contribution in [0.4, 0.5) is 0 Å². The van der Waals surface area contributed by atoms with Crippen LogP contribution in [0.2, 0.25) is 0 Å². The minimum atomic E-state index is -3.63. The molecule has 0 unspecified atom stereocenters. The van der Waals surface area contributed by atoms with Gasteiger partial charge in [-0.05, 0) is 0 Å². The Morgan fingerprint density at radius 2 is 0.265 bits per heavy atom. The predicted molar refractivity (Wildman–Crippen MR) is 79.6 cm³/mol. The largest absolute Gasteiger partial charge is 3.00 e. The Morgan fingerprint density at radius 3 is 0.265 bits per heavy atom. The fraction of sp³-hybridized carbons (Fsp3) is 0. The molecule has 0 heterocycles. The summed E-state index contributed by atoms with van der Waals surface area (Å²) in [4.78, 5) is 119. The Kier molecular flexibility index (Phi) is 188. The van der Waals surface area contributed by atoms with Gasteiger partial charge in [0.25, 0.3) is 0 Å². The maximum absolute atomic E-state index is 8.52. The van der Waals surface area contributed by atoms with Gasteiger partial charge in [0, 0.05) is 64.2 Å². The molecule has 0 aromatic heterocycles. The smallest absolute Gasteiger partial charge is 0.672 e. The molecule has 0 aromatic rings. The standard InChI is InChI=1S/2Al.2Ba.2Ca.7O3Si/c;;;;;;7*1-4(2)3/q2*+3;4*+2;7*-2. The molecular formula is Al2Ba2Ca2O21Si7. The Morgan fingerprint density at radius 1 is 0.265 bits per heavy atom. The maximum Gasteiger partial charge on any atom is 3.00 e. The summed E-state index contributed by atoms with van der Waals surface area (Å²) >= 11 is 0. The molecule has 0 bridgehead atoms. The van der Waals surface area contributed by atoms with Crippen LogP contribution < -0.4 is 67.1 Å². The summed E-state index contributed by atoms with van der Waals surface area (Å²) in [6, 6.07) is 0. The third-order valence-corrected chi connectivity index (χ3v) is 0. The molecule has 0 saturated carbocycles. The fourth-order valence-corrected chi connectivity index (χ4v) is 0. The molecule has 0 aliphatic carbocycles. The van der Waals surface area contributed by atoms with Crippen molar-refractivity contribution < 1.29 is 98.4 Å². The van der Waals surface area contributed by atoms with Gasteiger partial charge in [-0.3, -0.25) is 0 Å². The first-order chi connectivity index (χ1) is 12.1. The van der Waals surface area contributed by atoms with Crippen molar-refractivity contribution >= 4 is 272 Å². The van der Waals surface area contributed by atoms with Crippen LogP contribution >= 0.6 is 0 Å². The first-order valence-electron chi connectivity index (χ1n) is 4.29. The van der Waals surface area contributed by atoms with Gasteiger partial charge in [-0.2, -0.15) is 0 Å². The van der Waals surface area contributed by atoms with Crippen molar-refractivity contribution in [1.29, 1.82) is 0 Å². The van der Waals surface area contributed by atoms with Gasteiger partial charge in [-0.1, -0.05) is 0 Å². The van der Waals surface area contributed by atoms with Crippen molar-refractivity contribution in [3.63, 3.8) is 0 Å². The molecular weight excluding hydrogens is 941 g/mol. The van der Waals surface area contributed by atoms with Gasteiger partial charge >= 0.3 is 208 Å².